The molecule has 1 aliphatic rings. The second-order valence-corrected chi connectivity index (χ2v) is 3.48. The minimum absolute atomic E-state index is 0.0263. The van der Waals surface area contributed by atoms with Crippen LogP contribution in [0.25, 0.3) is 0 Å². The topological polar surface area (TPSA) is 62.1 Å². The third-order valence-corrected chi connectivity index (χ3v) is 2.26. The summed E-state index contributed by atoms with van der Waals surface area (Å²) in [5.74, 6) is 0.521. The van der Waals surface area contributed by atoms with Crippen molar-refractivity contribution in [2.75, 3.05) is 13.2 Å². The first-order chi connectivity index (χ1) is 8.19. The molecule has 0 spiro atoms. The van der Waals surface area contributed by atoms with Crippen LogP contribution in [0.15, 0.2) is 11.3 Å². The summed E-state index contributed by atoms with van der Waals surface area (Å²) in [4.78, 5) is 11.4. The Labute approximate surface area is 103 Å². The molecule has 0 aliphatic heterocycles. The molecule has 0 amide bonds. The fraction of sp³-hybridized carbons (Fsp3) is 0.308. The number of nitrogens with zero attached hydrogens (tertiary/aromatic N) is 1. The van der Waals surface area contributed by atoms with Crippen molar-refractivity contribution >= 4 is 5.97 Å². The molecule has 0 heterocycles. The van der Waals surface area contributed by atoms with Gasteiger partial charge in [0.1, 0.15) is 6.07 Å². The highest BCUT2D eigenvalue weighted by molar-refractivity contribution is 5.93. The van der Waals surface area contributed by atoms with Crippen molar-refractivity contribution in [2.45, 2.75) is 13.8 Å². The first kappa shape index (κ1) is 13.6. The normalized spacial score (nSPS) is 17.2. The van der Waals surface area contributed by atoms with Crippen molar-refractivity contribution in [3.05, 3.63) is 42.9 Å². The monoisotopic (exact) mass is 231 g/mol. The Morgan fingerprint density at radius 3 is 2.65 bits per heavy atom. The maximum absolute atomic E-state index is 11.4. The molecule has 0 bridgehead atoms. The molecule has 0 saturated heterocycles. The molecule has 1 saturated carbocycles. The number of nitriles is 1. The van der Waals surface area contributed by atoms with Crippen molar-refractivity contribution in [1.29, 1.82) is 5.26 Å². The molecule has 1 N–H and O–H groups in total. The quantitative estimate of drug-likeness (QED) is 0.440. The second-order valence-electron chi connectivity index (χ2n) is 3.48. The van der Waals surface area contributed by atoms with E-state index in [4.69, 9.17) is 10.00 Å². The highest BCUT2D eigenvalue weighted by Gasteiger charge is 2.18. The molecule has 4 heteroatoms. The molecule has 0 unspecified atom stereocenters. The lowest BCUT2D eigenvalue weighted by Gasteiger charge is -2.12. The lowest BCUT2D eigenvalue weighted by molar-refractivity contribution is -0.138. The molecular weight excluding hydrogens is 216 g/mol. The molecule has 89 valence electrons. The van der Waals surface area contributed by atoms with Gasteiger partial charge in [-0.25, -0.2) is 4.79 Å². The van der Waals surface area contributed by atoms with Crippen LogP contribution in [-0.4, -0.2) is 19.1 Å². The summed E-state index contributed by atoms with van der Waals surface area (Å²) in [6, 6.07) is 1.86. The minimum atomic E-state index is -0.581. The number of carbonyl (C=O) groups excluding carboxylic acids is 1. The summed E-state index contributed by atoms with van der Waals surface area (Å²) >= 11 is 0. The Kier molecular flexibility index (Phi) is 5.55. The van der Waals surface area contributed by atoms with Crippen LogP contribution in [0.1, 0.15) is 13.8 Å². The highest BCUT2D eigenvalue weighted by Crippen LogP contribution is 2.22. The average Bonchev–Trinajstić information content (AvgIpc) is 2.80. The molecule has 4 nitrogen and oxygen atoms in total. The number of allylic oxidation sites excluding steroid dienone is 1. The second kappa shape index (κ2) is 6.95. The molecule has 0 aromatic carbocycles. The van der Waals surface area contributed by atoms with E-state index in [-0.39, 0.29) is 12.2 Å². The lowest BCUT2D eigenvalue weighted by atomic mass is 10.1. The van der Waals surface area contributed by atoms with Gasteiger partial charge < -0.3 is 10.1 Å². The van der Waals surface area contributed by atoms with E-state index in [0.717, 1.165) is 5.92 Å². The summed E-state index contributed by atoms with van der Waals surface area (Å²) in [6.45, 7) is 4.25. The fourth-order valence-corrected chi connectivity index (χ4v) is 1.34. The van der Waals surface area contributed by atoms with Gasteiger partial charge in [0.2, 0.25) is 0 Å². The molecular formula is C13H15N2O2. The van der Waals surface area contributed by atoms with E-state index in [9.17, 15) is 4.79 Å². The Bertz CT molecular complexity index is 336. The van der Waals surface area contributed by atoms with Crippen molar-refractivity contribution < 1.29 is 9.53 Å². The number of nitrogens with one attached hydrogen (secondary N) is 1. The Hall–Kier alpha value is -1.50. The lowest BCUT2D eigenvalue weighted by Crippen LogP contribution is -2.22. The SMILES string of the molecule is CCOC(=O)/C(C#N)=C(/C)NC[C]1[CH][CH][CH][CH]1. The summed E-state index contributed by atoms with van der Waals surface area (Å²) in [7, 11) is 0. The predicted molar refractivity (Wildman–Crippen MR) is 63.4 cm³/mol. The van der Waals surface area contributed by atoms with Gasteiger partial charge in [-0.3, -0.25) is 0 Å². The Balaban J connectivity index is 2.53. The smallest absolute Gasteiger partial charge is 0.350 e. The summed E-state index contributed by atoms with van der Waals surface area (Å²) < 4.78 is 4.79. The van der Waals surface area contributed by atoms with Crippen LogP contribution in [0.5, 0.6) is 0 Å². The number of esters is 1. The largest absolute Gasteiger partial charge is 0.462 e. The predicted octanol–water partition coefficient (Wildman–Crippen LogP) is 1.34. The third-order valence-electron chi connectivity index (χ3n) is 2.26. The van der Waals surface area contributed by atoms with Crippen LogP contribution < -0.4 is 5.32 Å². The molecule has 5 radical (unpaired) electrons. The fourth-order valence-electron chi connectivity index (χ4n) is 1.34. The van der Waals surface area contributed by atoms with E-state index in [2.05, 4.69) is 5.32 Å². The maximum Gasteiger partial charge on any atom is 0.350 e. The minimum Gasteiger partial charge on any atom is -0.462 e. The van der Waals surface area contributed by atoms with Crippen LogP contribution >= 0.6 is 0 Å². The van der Waals surface area contributed by atoms with Gasteiger partial charge >= 0.3 is 5.97 Å². The zero-order valence-electron chi connectivity index (χ0n) is 9.99. The number of carbonyl (C=O) groups is 1. The van der Waals surface area contributed by atoms with E-state index in [0.29, 0.717) is 12.2 Å². The summed E-state index contributed by atoms with van der Waals surface area (Å²) in [6.07, 6.45) is 7.81. The van der Waals surface area contributed by atoms with E-state index in [1.807, 2.05) is 31.8 Å². The van der Waals surface area contributed by atoms with Crippen molar-refractivity contribution in [3.63, 3.8) is 0 Å². The van der Waals surface area contributed by atoms with Crippen molar-refractivity contribution in [3.8, 4) is 6.07 Å². The van der Waals surface area contributed by atoms with E-state index in [1.165, 1.54) is 0 Å². The van der Waals surface area contributed by atoms with Crippen molar-refractivity contribution in [1.82, 2.24) is 5.32 Å². The highest BCUT2D eigenvalue weighted by atomic mass is 16.5. The van der Waals surface area contributed by atoms with E-state index >= 15 is 0 Å². The van der Waals surface area contributed by atoms with E-state index in [1.54, 1.807) is 13.8 Å². The molecule has 0 aromatic heterocycles. The van der Waals surface area contributed by atoms with Gasteiger partial charge in [0.05, 0.1) is 6.61 Å². The molecule has 1 fully saturated rings. The van der Waals surface area contributed by atoms with Crippen LogP contribution in [0.3, 0.4) is 0 Å². The van der Waals surface area contributed by atoms with Crippen LogP contribution in [-0.2, 0) is 9.53 Å². The number of hydrogen-bond acceptors (Lipinski definition) is 4. The molecule has 1 aliphatic carbocycles. The van der Waals surface area contributed by atoms with Gasteiger partial charge in [-0.1, -0.05) is 0 Å². The molecule has 17 heavy (non-hydrogen) atoms. The summed E-state index contributed by atoms with van der Waals surface area (Å²) in [5, 5.41) is 11.9. The average molecular weight is 231 g/mol. The number of hydrogen-bond donors (Lipinski definition) is 1. The molecule has 0 aromatic rings. The van der Waals surface area contributed by atoms with Gasteiger partial charge in [-0.15, -0.1) is 0 Å². The first-order valence-electron chi connectivity index (χ1n) is 5.41. The standard InChI is InChI=1S/C13H15N2O2/c1-3-17-13(16)12(8-14)10(2)15-9-11-6-4-5-7-11/h4-7,15H,3,9H2,1-2H3/b12-10-. The van der Waals surface area contributed by atoms with Crippen LogP contribution in [0.4, 0.5) is 0 Å². The third kappa shape index (κ3) is 4.10. The zero-order valence-corrected chi connectivity index (χ0v) is 9.99. The first-order valence-corrected chi connectivity index (χ1v) is 5.41. The maximum atomic E-state index is 11.4. The van der Waals surface area contributed by atoms with Crippen molar-refractivity contribution in [2.24, 2.45) is 0 Å². The van der Waals surface area contributed by atoms with Gasteiger partial charge in [0, 0.05) is 18.2 Å². The zero-order chi connectivity index (χ0) is 12.7. The van der Waals surface area contributed by atoms with Crippen LogP contribution in [0, 0.1) is 42.9 Å². The van der Waals surface area contributed by atoms with Gasteiger partial charge in [-0.05, 0) is 39.5 Å². The van der Waals surface area contributed by atoms with E-state index < -0.39 is 5.97 Å². The Morgan fingerprint density at radius 1 is 1.47 bits per heavy atom. The van der Waals surface area contributed by atoms with Gasteiger partial charge in [0.15, 0.2) is 5.57 Å². The van der Waals surface area contributed by atoms with Crippen LogP contribution in [0.2, 0.25) is 0 Å². The Morgan fingerprint density at radius 2 is 2.12 bits per heavy atom. The molecule has 1 rings (SSSR count). The molecule has 0 atom stereocenters. The number of ether oxygens (including phenoxy) is 1. The van der Waals surface area contributed by atoms with Gasteiger partial charge in [-0.2, -0.15) is 5.26 Å². The number of rotatable bonds is 5. The summed E-state index contributed by atoms with van der Waals surface area (Å²) in [5.41, 5.74) is 0.561. The van der Waals surface area contributed by atoms with Gasteiger partial charge in [0.25, 0.3) is 0 Å².